The number of rotatable bonds is 4. The molecule has 0 fully saturated rings. The lowest BCUT2D eigenvalue weighted by Crippen LogP contribution is -2.15. The third-order valence-corrected chi connectivity index (χ3v) is 3.57. The Morgan fingerprint density at radius 1 is 1.16 bits per heavy atom. The highest BCUT2D eigenvalue weighted by atomic mass is 32.2. The van der Waals surface area contributed by atoms with Crippen LogP contribution in [0.3, 0.4) is 0 Å². The molecule has 2 aromatic rings. The van der Waals surface area contributed by atoms with Crippen molar-refractivity contribution in [2.45, 2.75) is 11.4 Å². The predicted molar refractivity (Wildman–Crippen MR) is 73.8 cm³/mol. The molecule has 2 rings (SSSR count). The molecule has 0 amide bonds. The van der Waals surface area contributed by atoms with Crippen LogP contribution in [-0.2, 0) is 16.6 Å². The van der Waals surface area contributed by atoms with E-state index in [1.807, 2.05) is 12.1 Å². The average molecular weight is 278 g/mol. The van der Waals surface area contributed by atoms with Crippen molar-refractivity contribution in [1.82, 2.24) is 4.98 Å². The summed E-state index contributed by atoms with van der Waals surface area (Å²) < 4.78 is 22.7. The molecule has 1 aromatic carbocycles. The molecule has 1 aromatic heterocycles. The summed E-state index contributed by atoms with van der Waals surface area (Å²) in [5.74, 6) is 0. The van der Waals surface area contributed by atoms with Crippen LogP contribution in [0.15, 0.2) is 47.6 Å². The van der Waals surface area contributed by atoms with Gasteiger partial charge < -0.3 is 11.1 Å². The lowest BCUT2D eigenvalue weighted by Gasteiger charge is -2.11. The Balaban J connectivity index is 2.23. The van der Waals surface area contributed by atoms with Gasteiger partial charge in [0.15, 0.2) is 0 Å². The summed E-state index contributed by atoms with van der Waals surface area (Å²) in [7, 11) is -3.81. The van der Waals surface area contributed by atoms with Crippen molar-refractivity contribution in [3.8, 4) is 0 Å². The first-order valence-corrected chi connectivity index (χ1v) is 7.07. The highest BCUT2D eigenvalue weighted by Gasteiger charge is 2.14. The summed E-state index contributed by atoms with van der Waals surface area (Å²) in [4.78, 5) is 3.84. The van der Waals surface area contributed by atoms with E-state index in [0.717, 1.165) is 5.56 Å². The number of hydrogen-bond donors (Lipinski definition) is 3. The maximum atomic E-state index is 11.3. The molecule has 0 aliphatic rings. The highest BCUT2D eigenvalue weighted by Crippen LogP contribution is 2.26. The first kappa shape index (κ1) is 13.3. The summed E-state index contributed by atoms with van der Waals surface area (Å²) in [6.07, 6.45) is 3.36. The minimum absolute atomic E-state index is 0.0766. The highest BCUT2D eigenvalue weighted by molar-refractivity contribution is 7.89. The Kier molecular flexibility index (Phi) is 3.68. The molecule has 100 valence electrons. The van der Waals surface area contributed by atoms with E-state index in [0.29, 0.717) is 12.2 Å². The minimum Gasteiger partial charge on any atom is -0.396 e. The number of anilines is 2. The monoisotopic (exact) mass is 278 g/mol. The summed E-state index contributed by atoms with van der Waals surface area (Å²) in [5, 5.41) is 8.16. The number of benzene rings is 1. The van der Waals surface area contributed by atoms with Crippen molar-refractivity contribution >= 4 is 21.4 Å². The molecule has 6 nitrogen and oxygen atoms in total. The van der Waals surface area contributed by atoms with Gasteiger partial charge in [-0.05, 0) is 29.8 Å². The predicted octanol–water partition coefficient (Wildman–Crippen LogP) is 0.923. The number of primary sulfonamides is 1. The molecule has 19 heavy (non-hydrogen) atoms. The van der Waals surface area contributed by atoms with Crippen LogP contribution in [0.5, 0.6) is 0 Å². The summed E-state index contributed by atoms with van der Waals surface area (Å²) in [6, 6.07) is 8.37. The van der Waals surface area contributed by atoms with Gasteiger partial charge in [-0.2, -0.15) is 0 Å². The number of aromatic nitrogens is 1. The number of nitrogens with one attached hydrogen (secondary N) is 1. The molecule has 0 unspecified atom stereocenters. The van der Waals surface area contributed by atoms with Gasteiger partial charge in [-0.15, -0.1) is 0 Å². The molecule has 1 heterocycles. The van der Waals surface area contributed by atoms with Crippen LogP contribution in [0.4, 0.5) is 11.4 Å². The molecular weight excluding hydrogens is 264 g/mol. The van der Waals surface area contributed by atoms with Gasteiger partial charge in [-0.1, -0.05) is 6.07 Å². The van der Waals surface area contributed by atoms with Crippen LogP contribution in [-0.4, -0.2) is 13.4 Å². The molecule has 0 saturated heterocycles. The van der Waals surface area contributed by atoms with Gasteiger partial charge in [0.1, 0.15) is 4.90 Å². The fourth-order valence-corrected chi connectivity index (χ4v) is 2.33. The van der Waals surface area contributed by atoms with Crippen molar-refractivity contribution in [1.29, 1.82) is 0 Å². The van der Waals surface area contributed by atoms with E-state index in [1.54, 1.807) is 24.5 Å². The third kappa shape index (κ3) is 3.21. The van der Waals surface area contributed by atoms with Gasteiger partial charge in [0, 0.05) is 18.9 Å². The van der Waals surface area contributed by atoms with Crippen LogP contribution < -0.4 is 16.2 Å². The van der Waals surface area contributed by atoms with Crippen molar-refractivity contribution < 1.29 is 8.42 Å². The quantitative estimate of drug-likeness (QED) is 0.720. The molecule has 0 aliphatic heterocycles. The summed E-state index contributed by atoms with van der Waals surface area (Å²) in [6.45, 7) is 0.515. The first-order valence-electron chi connectivity index (χ1n) is 5.52. The van der Waals surface area contributed by atoms with Crippen molar-refractivity contribution in [2.75, 3.05) is 11.1 Å². The second-order valence-corrected chi connectivity index (χ2v) is 5.50. The van der Waals surface area contributed by atoms with Crippen molar-refractivity contribution in [3.63, 3.8) is 0 Å². The van der Waals surface area contributed by atoms with Crippen LogP contribution >= 0.6 is 0 Å². The largest absolute Gasteiger partial charge is 0.396 e. The Morgan fingerprint density at radius 3 is 2.47 bits per heavy atom. The smallest absolute Gasteiger partial charge is 0.240 e. The lowest BCUT2D eigenvalue weighted by atomic mass is 10.2. The number of hydrogen-bond acceptors (Lipinski definition) is 5. The van der Waals surface area contributed by atoms with Crippen LogP contribution in [0.2, 0.25) is 0 Å². The molecule has 0 bridgehead atoms. The molecule has 0 aliphatic carbocycles. The van der Waals surface area contributed by atoms with Crippen molar-refractivity contribution in [3.05, 3.63) is 48.3 Å². The SMILES string of the molecule is Nc1c(NCc2ccncc2)cccc1S(N)(=O)=O. The van der Waals surface area contributed by atoms with Gasteiger partial charge in [0.25, 0.3) is 0 Å². The van der Waals surface area contributed by atoms with E-state index in [2.05, 4.69) is 10.3 Å². The van der Waals surface area contributed by atoms with E-state index >= 15 is 0 Å². The zero-order valence-electron chi connectivity index (χ0n) is 10.1. The summed E-state index contributed by atoms with van der Waals surface area (Å²) in [5.41, 5.74) is 7.46. The molecule has 0 radical (unpaired) electrons. The molecule has 0 atom stereocenters. The van der Waals surface area contributed by atoms with Crippen molar-refractivity contribution in [2.24, 2.45) is 5.14 Å². The molecule has 5 N–H and O–H groups in total. The number of para-hydroxylation sites is 1. The standard InChI is InChI=1S/C12H14N4O2S/c13-12-10(2-1-3-11(12)19(14,17)18)16-8-9-4-6-15-7-5-9/h1-7,16H,8,13H2,(H2,14,17,18). The van der Waals surface area contributed by atoms with Gasteiger partial charge in [-0.3, -0.25) is 4.98 Å². The zero-order valence-corrected chi connectivity index (χ0v) is 10.9. The topological polar surface area (TPSA) is 111 Å². The summed E-state index contributed by atoms with van der Waals surface area (Å²) >= 11 is 0. The van der Waals surface area contributed by atoms with Crippen LogP contribution in [0, 0.1) is 0 Å². The first-order chi connectivity index (χ1) is 8.98. The number of nitrogens with zero attached hydrogens (tertiary/aromatic N) is 1. The Labute approximate surface area is 111 Å². The Morgan fingerprint density at radius 2 is 1.84 bits per heavy atom. The van der Waals surface area contributed by atoms with E-state index in [1.165, 1.54) is 6.07 Å². The van der Waals surface area contributed by atoms with Crippen LogP contribution in [0.1, 0.15) is 5.56 Å². The molecular formula is C12H14N4O2S. The maximum absolute atomic E-state index is 11.3. The van der Waals surface area contributed by atoms with Gasteiger partial charge in [0.2, 0.25) is 10.0 Å². The van der Waals surface area contributed by atoms with Gasteiger partial charge in [0.05, 0.1) is 11.4 Å². The number of sulfonamides is 1. The van der Waals surface area contributed by atoms with E-state index in [4.69, 9.17) is 10.9 Å². The fourth-order valence-electron chi connectivity index (χ4n) is 1.64. The number of nitrogen functional groups attached to an aromatic ring is 1. The Bertz CT molecular complexity index is 671. The fraction of sp³-hybridized carbons (Fsp3) is 0.0833. The lowest BCUT2D eigenvalue weighted by molar-refractivity contribution is 0.598. The van der Waals surface area contributed by atoms with Gasteiger partial charge >= 0.3 is 0 Å². The van der Waals surface area contributed by atoms with E-state index in [-0.39, 0.29) is 10.6 Å². The maximum Gasteiger partial charge on any atom is 0.240 e. The number of pyridine rings is 1. The Hall–Kier alpha value is -2.12. The number of nitrogens with two attached hydrogens (primary N) is 2. The molecule has 7 heteroatoms. The molecule has 0 saturated carbocycles. The van der Waals surface area contributed by atoms with Crippen LogP contribution in [0.25, 0.3) is 0 Å². The third-order valence-electron chi connectivity index (χ3n) is 2.60. The second kappa shape index (κ2) is 5.25. The van der Waals surface area contributed by atoms with Gasteiger partial charge in [-0.25, -0.2) is 13.6 Å². The average Bonchev–Trinajstić information content (AvgIpc) is 2.37. The normalized spacial score (nSPS) is 11.2. The second-order valence-electron chi connectivity index (χ2n) is 3.97. The zero-order chi connectivity index (χ0) is 13.9. The molecule has 0 spiro atoms. The van der Waals surface area contributed by atoms with E-state index in [9.17, 15) is 8.42 Å². The van der Waals surface area contributed by atoms with E-state index < -0.39 is 10.0 Å². The minimum atomic E-state index is -3.81.